The average molecular weight is 169 g/mol. The molecule has 0 amide bonds. The summed E-state index contributed by atoms with van der Waals surface area (Å²) in [5.41, 5.74) is 0. The van der Waals surface area contributed by atoms with Gasteiger partial charge in [-0.1, -0.05) is 8.44 Å². The molecular weight excluding hydrogens is 157 g/mol. The zero-order valence-corrected chi connectivity index (χ0v) is 7.63. The predicted octanol–water partition coefficient (Wildman–Crippen LogP) is 1.28. The Morgan fingerprint density at radius 2 is 2.33 bits per heavy atom. The summed E-state index contributed by atoms with van der Waals surface area (Å²) in [5, 5.41) is 0. The molecule has 5 heteroatoms. The third-order valence-electron chi connectivity index (χ3n) is 0.625. The third kappa shape index (κ3) is 5.12. The van der Waals surface area contributed by atoms with Crippen LogP contribution in [0.15, 0.2) is 0 Å². The van der Waals surface area contributed by atoms with E-state index < -0.39 is 0 Å². The van der Waals surface area contributed by atoms with E-state index in [2.05, 4.69) is 8.44 Å². The molecular formula is C4H12NO2PS. The Kier molecular flexibility index (Phi) is 7.27. The van der Waals surface area contributed by atoms with Crippen LogP contribution in [0.1, 0.15) is 6.92 Å². The van der Waals surface area contributed by atoms with E-state index in [0.29, 0.717) is 13.3 Å². The molecule has 3 nitrogen and oxygen atoms in total. The largest absolute Gasteiger partial charge is 0.366 e. The first-order chi connectivity index (χ1) is 4.35. The second-order valence-electron chi connectivity index (χ2n) is 1.27. The van der Waals surface area contributed by atoms with E-state index in [1.807, 2.05) is 6.92 Å². The van der Waals surface area contributed by atoms with Crippen molar-refractivity contribution < 1.29 is 9.57 Å². The summed E-state index contributed by atoms with van der Waals surface area (Å²) in [6.07, 6.45) is 0. The van der Waals surface area contributed by atoms with E-state index in [0.717, 1.165) is 0 Å². The molecule has 0 spiro atoms. The van der Waals surface area contributed by atoms with Crippen LogP contribution in [0.3, 0.4) is 0 Å². The molecule has 0 saturated carbocycles. The maximum atomic E-state index is 5.08. The first kappa shape index (κ1) is 9.66. The van der Waals surface area contributed by atoms with Crippen molar-refractivity contribution in [2.24, 2.45) is 0 Å². The fourth-order valence-corrected chi connectivity index (χ4v) is 1.05. The number of methoxy groups -OCH3 is 1. The number of rotatable bonds is 5. The highest BCUT2D eigenvalue weighted by molar-refractivity contribution is 8.42. The van der Waals surface area contributed by atoms with E-state index in [1.54, 1.807) is 11.6 Å². The van der Waals surface area contributed by atoms with Crippen LogP contribution in [0.25, 0.3) is 0 Å². The molecule has 9 heavy (non-hydrogen) atoms. The second kappa shape index (κ2) is 6.78. The van der Waals surface area contributed by atoms with Gasteiger partial charge in [0.1, 0.15) is 6.73 Å². The van der Waals surface area contributed by atoms with Crippen molar-refractivity contribution in [1.29, 1.82) is 0 Å². The maximum Gasteiger partial charge on any atom is 0.133 e. The Labute approximate surface area is 62.1 Å². The summed E-state index contributed by atoms with van der Waals surface area (Å²) in [6, 6.07) is 0. The van der Waals surface area contributed by atoms with Gasteiger partial charge in [0.2, 0.25) is 0 Å². The molecule has 0 aliphatic rings. The summed E-state index contributed by atoms with van der Waals surface area (Å²) in [4.78, 5) is 5.08. The number of nitrogens with zero attached hydrogens (tertiary/aromatic N) is 1. The van der Waals surface area contributed by atoms with Crippen LogP contribution in [0.5, 0.6) is 0 Å². The minimum atomic E-state index is 0.488. The quantitative estimate of drug-likeness (QED) is 0.267. The highest BCUT2D eigenvalue weighted by Gasteiger charge is 1.98. The lowest BCUT2D eigenvalue weighted by molar-refractivity contribution is -0.120. The molecule has 1 atom stereocenters. The van der Waals surface area contributed by atoms with Gasteiger partial charge in [0.25, 0.3) is 0 Å². The molecule has 0 fully saturated rings. The normalized spacial score (nSPS) is 10.7. The van der Waals surface area contributed by atoms with E-state index >= 15 is 0 Å². The van der Waals surface area contributed by atoms with Gasteiger partial charge in [-0.05, 0) is 18.5 Å². The highest BCUT2D eigenvalue weighted by Crippen LogP contribution is 2.17. The van der Waals surface area contributed by atoms with E-state index in [4.69, 9.17) is 9.57 Å². The molecule has 0 aromatic rings. The van der Waals surface area contributed by atoms with Crippen molar-refractivity contribution in [2.75, 3.05) is 20.4 Å². The zero-order valence-electron chi connectivity index (χ0n) is 5.66. The van der Waals surface area contributed by atoms with Gasteiger partial charge in [-0.2, -0.15) is 0 Å². The van der Waals surface area contributed by atoms with Crippen LogP contribution in [-0.2, 0) is 9.57 Å². The van der Waals surface area contributed by atoms with Crippen molar-refractivity contribution in [3.8, 4) is 0 Å². The molecule has 0 radical (unpaired) electrons. The maximum absolute atomic E-state index is 5.08. The van der Waals surface area contributed by atoms with E-state index in [9.17, 15) is 0 Å². The standard InChI is InChI=1S/C4H12NO2PS/c1-3-7-5(9-8)4-6-2/h3-4,8H2,1-2H3. The molecule has 0 aromatic carbocycles. The molecule has 0 bridgehead atoms. The molecule has 0 aliphatic heterocycles. The molecule has 0 saturated heterocycles. The van der Waals surface area contributed by atoms with Gasteiger partial charge < -0.3 is 4.74 Å². The Morgan fingerprint density at radius 3 is 2.67 bits per heavy atom. The summed E-state index contributed by atoms with van der Waals surface area (Å²) >= 11 is 1.42. The molecule has 0 aliphatic carbocycles. The van der Waals surface area contributed by atoms with Gasteiger partial charge in [-0.15, -0.1) is 4.47 Å². The lowest BCUT2D eigenvalue weighted by Gasteiger charge is -2.15. The number of ether oxygens (including phenoxy) is 1. The Morgan fingerprint density at radius 1 is 1.67 bits per heavy atom. The minimum Gasteiger partial charge on any atom is -0.366 e. The van der Waals surface area contributed by atoms with Crippen LogP contribution < -0.4 is 0 Å². The van der Waals surface area contributed by atoms with Gasteiger partial charge in [-0.25, -0.2) is 0 Å². The number of hydroxylamine groups is 1. The highest BCUT2D eigenvalue weighted by atomic mass is 32.7. The van der Waals surface area contributed by atoms with Crippen molar-refractivity contribution in [2.45, 2.75) is 6.92 Å². The molecule has 0 heterocycles. The Balaban J connectivity index is 3.18. The Bertz CT molecular complexity index is 60.5. The second-order valence-corrected chi connectivity index (χ2v) is 2.52. The van der Waals surface area contributed by atoms with Crippen LogP contribution in [0.4, 0.5) is 0 Å². The summed E-state index contributed by atoms with van der Waals surface area (Å²) < 4.78 is 6.46. The first-order valence-corrected chi connectivity index (χ1v) is 4.86. The van der Waals surface area contributed by atoms with Crippen molar-refractivity contribution in [3.63, 3.8) is 0 Å². The van der Waals surface area contributed by atoms with Gasteiger partial charge >= 0.3 is 0 Å². The third-order valence-corrected chi connectivity index (χ3v) is 1.78. The summed E-state index contributed by atoms with van der Waals surface area (Å²) in [6.45, 7) is 3.09. The zero-order chi connectivity index (χ0) is 7.11. The van der Waals surface area contributed by atoms with Crippen molar-refractivity contribution >= 4 is 20.0 Å². The summed E-state index contributed by atoms with van der Waals surface area (Å²) in [5.74, 6) is 0. The summed E-state index contributed by atoms with van der Waals surface area (Å²) in [7, 11) is 4.11. The van der Waals surface area contributed by atoms with Crippen LogP contribution in [0, 0.1) is 0 Å². The SMILES string of the molecule is CCON(COC)SP. The lowest BCUT2D eigenvalue weighted by Crippen LogP contribution is -2.16. The monoisotopic (exact) mass is 169 g/mol. The molecule has 0 rings (SSSR count). The van der Waals surface area contributed by atoms with Gasteiger partial charge in [0.15, 0.2) is 0 Å². The van der Waals surface area contributed by atoms with Crippen molar-refractivity contribution in [3.05, 3.63) is 0 Å². The van der Waals surface area contributed by atoms with Crippen LogP contribution >= 0.6 is 20.0 Å². The molecule has 0 N–H and O–H groups in total. The van der Waals surface area contributed by atoms with E-state index in [-0.39, 0.29) is 0 Å². The lowest BCUT2D eigenvalue weighted by atomic mass is 10.9. The predicted molar refractivity (Wildman–Crippen MR) is 42.6 cm³/mol. The minimum absolute atomic E-state index is 0.488. The topological polar surface area (TPSA) is 21.7 Å². The van der Waals surface area contributed by atoms with E-state index in [1.165, 1.54) is 11.6 Å². The average Bonchev–Trinajstić information content (AvgIpc) is 1.88. The first-order valence-electron chi connectivity index (χ1n) is 2.61. The van der Waals surface area contributed by atoms with Gasteiger partial charge in [-0.3, -0.25) is 4.84 Å². The smallest absolute Gasteiger partial charge is 0.133 e. The van der Waals surface area contributed by atoms with Crippen LogP contribution in [0.2, 0.25) is 0 Å². The fourth-order valence-electron chi connectivity index (χ4n) is 0.348. The molecule has 56 valence electrons. The molecule has 0 aromatic heterocycles. The van der Waals surface area contributed by atoms with Gasteiger partial charge in [0.05, 0.1) is 6.61 Å². The van der Waals surface area contributed by atoms with Gasteiger partial charge in [0, 0.05) is 7.11 Å². The number of hydrogen-bond donors (Lipinski definition) is 0. The molecule has 1 unspecified atom stereocenters. The number of hydrogen-bond acceptors (Lipinski definition) is 4. The van der Waals surface area contributed by atoms with Crippen LogP contribution in [-0.4, -0.2) is 24.9 Å². The van der Waals surface area contributed by atoms with Crippen molar-refractivity contribution in [1.82, 2.24) is 4.47 Å². The Hall–Kier alpha value is 0.660. The fraction of sp³-hybridized carbons (Fsp3) is 1.00.